The second kappa shape index (κ2) is 5.56. The maximum atomic E-state index is 11.5. The van der Waals surface area contributed by atoms with E-state index in [-0.39, 0.29) is 5.97 Å². The molecule has 1 aliphatic rings. The van der Waals surface area contributed by atoms with Crippen LogP contribution < -0.4 is 5.32 Å². The van der Waals surface area contributed by atoms with Gasteiger partial charge < -0.3 is 15.2 Å². The maximum absolute atomic E-state index is 11.5. The number of esters is 1. The van der Waals surface area contributed by atoms with Crippen LogP contribution in [0.25, 0.3) is 0 Å². The molecule has 1 aromatic rings. The van der Waals surface area contributed by atoms with Gasteiger partial charge in [-0.05, 0) is 26.7 Å². The Balaban J connectivity index is 2.06. The van der Waals surface area contributed by atoms with Crippen LogP contribution in [0.1, 0.15) is 36.8 Å². The van der Waals surface area contributed by atoms with Crippen molar-refractivity contribution < 1.29 is 19.4 Å². The third-order valence-electron chi connectivity index (χ3n) is 3.00. The zero-order valence-electron chi connectivity index (χ0n) is 10.8. The van der Waals surface area contributed by atoms with Crippen LogP contribution in [0.15, 0.2) is 0 Å². The van der Waals surface area contributed by atoms with Crippen molar-refractivity contribution in [1.29, 1.82) is 0 Å². The molecular formula is C12H16N2O4S. The van der Waals surface area contributed by atoms with Gasteiger partial charge in [-0.3, -0.25) is 4.79 Å². The number of carbonyl (C=O) groups excluding carboxylic acids is 1. The van der Waals surface area contributed by atoms with Gasteiger partial charge in [0.1, 0.15) is 12.0 Å². The number of fused-ring (bicyclic) bond motifs is 1. The summed E-state index contributed by atoms with van der Waals surface area (Å²) in [5.41, 5.74) is 0.635. The maximum Gasteiger partial charge on any atom is 0.328 e. The van der Waals surface area contributed by atoms with Gasteiger partial charge in [-0.2, -0.15) is 0 Å². The number of rotatable bonds is 5. The molecule has 2 rings (SSSR count). The fourth-order valence-corrected chi connectivity index (χ4v) is 3.17. The molecule has 0 saturated carbocycles. The molecule has 0 saturated heterocycles. The molecule has 1 aromatic heterocycles. The molecule has 7 heteroatoms. The van der Waals surface area contributed by atoms with Crippen molar-refractivity contribution in [2.75, 3.05) is 11.9 Å². The predicted molar refractivity (Wildman–Crippen MR) is 70.5 cm³/mol. The standard InChI is InChI=1S/C12H16N2O4S/c1-3-18-11(17)6(2)13-12-14-9-7(10(15)16)4-5-8(9)19-12/h6-7H,3-5H2,1-2H3,(H,13,14)(H,15,16). The normalized spacial score (nSPS) is 18.7. The average Bonchev–Trinajstić information content (AvgIpc) is 2.87. The molecule has 19 heavy (non-hydrogen) atoms. The summed E-state index contributed by atoms with van der Waals surface area (Å²) in [6.07, 6.45) is 1.34. The van der Waals surface area contributed by atoms with Crippen LogP contribution in [0, 0.1) is 0 Å². The monoisotopic (exact) mass is 284 g/mol. The SMILES string of the molecule is CCOC(=O)C(C)Nc1nc2c(s1)CCC2C(=O)O. The van der Waals surface area contributed by atoms with Crippen molar-refractivity contribution in [2.45, 2.75) is 38.6 Å². The zero-order valence-corrected chi connectivity index (χ0v) is 11.6. The Morgan fingerprint density at radius 1 is 1.63 bits per heavy atom. The Hall–Kier alpha value is -1.63. The highest BCUT2D eigenvalue weighted by molar-refractivity contribution is 7.15. The molecule has 104 valence electrons. The minimum Gasteiger partial charge on any atom is -0.481 e. The van der Waals surface area contributed by atoms with Gasteiger partial charge in [0.15, 0.2) is 5.13 Å². The third kappa shape index (κ3) is 2.86. The number of carboxylic acid groups (broad SMARTS) is 1. The lowest BCUT2D eigenvalue weighted by Gasteiger charge is -2.11. The summed E-state index contributed by atoms with van der Waals surface area (Å²) >= 11 is 1.41. The number of nitrogens with one attached hydrogen (secondary N) is 1. The fraction of sp³-hybridized carbons (Fsp3) is 0.583. The Kier molecular flexibility index (Phi) is 4.04. The highest BCUT2D eigenvalue weighted by Crippen LogP contribution is 2.38. The highest BCUT2D eigenvalue weighted by Gasteiger charge is 2.32. The molecular weight excluding hydrogens is 268 g/mol. The smallest absolute Gasteiger partial charge is 0.328 e. The Bertz CT molecular complexity index is 500. The van der Waals surface area contributed by atoms with Crippen molar-refractivity contribution in [2.24, 2.45) is 0 Å². The first-order valence-corrected chi connectivity index (χ1v) is 7.00. The first kappa shape index (κ1) is 13.8. The number of hydrogen-bond donors (Lipinski definition) is 2. The lowest BCUT2D eigenvalue weighted by molar-refractivity contribution is -0.143. The van der Waals surface area contributed by atoms with Gasteiger partial charge in [-0.15, -0.1) is 11.3 Å². The summed E-state index contributed by atoms with van der Waals surface area (Å²) in [6.45, 7) is 3.78. The molecule has 0 spiro atoms. The predicted octanol–water partition coefficient (Wildman–Crippen LogP) is 1.62. The molecule has 1 aliphatic carbocycles. The molecule has 2 N–H and O–H groups in total. The summed E-state index contributed by atoms with van der Waals surface area (Å²) in [4.78, 5) is 27.8. The second-order valence-electron chi connectivity index (χ2n) is 4.38. The number of hydrogen-bond acceptors (Lipinski definition) is 6. The van der Waals surface area contributed by atoms with Crippen LogP contribution in [0.5, 0.6) is 0 Å². The Labute approximate surface area is 114 Å². The van der Waals surface area contributed by atoms with E-state index in [1.807, 2.05) is 0 Å². The summed E-state index contributed by atoms with van der Waals surface area (Å²) in [5, 5.41) is 12.6. The second-order valence-corrected chi connectivity index (χ2v) is 5.46. The fourth-order valence-electron chi connectivity index (χ4n) is 2.04. The number of ether oxygens (including phenoxy) is 1. The largest absolute Gasteiger partial charge is 0.481 e. The first-order chi connectivity index (χ1) is 9.02. The minimum absolute atomic E-state index is 0.334. The number of aryl methyl sites for hydroxylation is 1. The lowest BCUT2D eigenvalue weighted by Crippen LogP contribution is -2.28. The van der Waals surface area contributed by atoms with E-state index in [0.717, 1.165) is 11.3 Å². The molecule has 0 amide bonds. The molecule has 0 radical (unpaired) electrons. The van der Waals surface area contributed by atoms with Gasteiger partial charge >= 0.3 is 11.9 Å². The van der Waals surface area contributed by atoms with E-state index in [4.69, 9.17) is 9.84 Å². The number of carboxylic acids is 1. The molecule has 2 unspecified atom stereocenters. The van der Waals surface area contributed by atoms with Gasteiger partial charge in [0, 0.05) is 4.88 Å². The Morgan fingerprint density at radius 2 is 2.37 bits per heavy atom. The molecule has 6 nitrogen and oxygen atoms in total. The number of nitrogens with zero attached hydrogens (tertiary/aromatic N) is 1. The van der Waals surface area contributed by atoms with E-state index in [9.17, 15) is 9.59 Å². The van der Waals surface area contributed by atoms with E-state index in [2.05, 4.69) is 10.3 Å². The van der Waals surface area contributed by atoms with Crippen molar-refractivity contribution in [1.82, 2.24) is 4.98 Å². The molecule has 0 aliphatic heterocycles. The summed E-state index contributed by atoms with van der Waals surface area (Å²) < 4.78 is 4.89. The molecule has 0 bridgehead atoms. The third-order valence-corrected chi connectivity index (χ3v) is 4.06. The van der Waals surface area contributed by atoms with E-state index < -0.39 is 17.9 Å². The van der Waals surface area contributed by atoms with Gasteiger partial charge in [0.05, 0.1) is 12.3 Å². The first-order valence-electron chi connectivity index (χ1n) is 6.18. The summed E-state index contributed by atoms with van der Waals surface area (Å²) in [5.74, 6) is -1.69. The Morgan fingerprint density at radius 3 is 3.00 bits per heavy atom. The van der Waals surface area contributed by atoms with Crippen LogP contribution >= 0.6 is 11.3 Å². The number of carbonyl (C=O) groups is 2. The van der Waals surface area contributed by atoms with E-state index >= 15 is 0 Å². The number of aliphatic carboxylic acids is 1. The van der Waals surface area contributed by atoms with Crippen LogP contribution in [0.3, 0.4) is 0 Å². The highest BCUT2D eigenvalue weighted by atomic mass is 32.1. The van der Waals surface area contributed by atoms with Gasteiger partial charge in [0.2, 0.25) is 0 Å². The quantitative estimate of drug-likeness (QED) is 0.799. The summed E-state index contributed by atoms with van der Waals surface area (Å²) in [6, 6.07) is -0.491. The molecule has 1 heterocycles. The molecule has 0 fully saturated rings. The lowest BCUT2D eigenvalue weighted by atomic mass is 10.1. The zero-order chi connectivity index (χ0) is 14.0. The van der Waals surface area contributed by atoms with Crippen molar-refractivity contribution in [3.8, 4) is 0 Å². The number of aromatic nitrogens is 1. The van der Waals surface area contributed by atoms with Gasteiger partial charge in [-0.1, -0.05) is 0 Å². The van der Waals surface area contributed by atoms with Gasteiger partial charge in [-0.25, -0.2) is 9.78 Å². The van der Waals surface area contributed by atoms with Crippen molar-refractivity contribution >= 4 is 28.4 Å². The van der Waals surface area contributed by atoms with Crippen LogP contribution in [-0.2, 0) is 20.7 Å². The molecule has 2 atom stereocenters. The van der Waals surface area contributed by atoms with E-state index in [1.165, 1.54) is 11.3 Å². The van der Waals surface area contributed by atoms with Gasteiger partial charge in [0.25, 0.3) is 0 Å². The van der Waals surface area contributed by atoms with Crippen molar-refractivity contribution in [3.63, 3.8) is 0 Å². The molecule has 0 aromatic carbocycles. The summed E-state index contributed by atoms with van der Waals surface area (Å²) in [7, 11) is 0. The van der Waals surface area contributed by atoms with E-state index in [1.54, 1.807) is 13.8 Å². The van der Waals surface area contributed by atoms with Crippen molar-refractivity contribution in [3.05, 3.63) is 10.6 Å². The number of thiazole rings is 1. The topological polar surface area (TPSA) is 88.5 Å². The van der Waals surface area contributed by atoms with Crippen LogP contribution in [-0.4, -0.2) is 34.7 Å². The number of anilines is 1. The van der Waals surface area contributed by atoms with Crippen LogP contribution in [0.4, 0.5) is 5.13 Å². The van der Waals surface area contributed by atoms with Crippen LogP contribution in [0.2, 0.25) is 0 Å². The average molecular weight is 284 g/mol. The van der Waals surface area contributed by atoms with E-state index in [0.29, 0.717) is 23.9 Å². The minimum atomic E-state index is -0.839.